The normalized spacial score (nSPS) is 26.4. The van der Waals surface area contributed by atoms with E-state index < -0.39 is 0 Å². The third-order valence-electron chi connectivity index (χ3n) is 5.08. The highest BCUT2D eigenvalue weighted by Gasteiger charge is 2.50. The maximum absolute atomic E-state index is 12.9. The molecule has 2 atom stereocenters. The van der Waals surface area contributed by atoms with Crippen LogP contribution in [0.15, 0.2) is 30.9 Å². The first kappa shape index (κ1) is 15.1. The van der Waals surface area contributed by atoms with Crippen LogP contribution < -0.4 is 5.32 Å². The van der Waals surface area contributed by atoms with Gasteiger partial charge in [-0.3, -0.25) is 9.59 Å². The van der Waals surface area contributed by atoms with Gasteiger partial charge < -0.3 is 19.4 Å². The second kappa shape index (κ2) is 5.59. The molecule has 0 bridgehead atoms. The fourth-order valence-corrected chi connectivity index (χ4v) is 3.89. The molecule has 4 heterocycles. The molecule has 2 aromatic rings. The number of nitrogens with one attached hydrogen (secondary N) is 1. The predicted octanol–water partition coefficient (Wildman–Crippen LogP) is 0.702. The van der Waals surface area contributed by atoms with E-state index in [1.165, 1.54) is 6.92 Å². The molecule has 24 heavy (non-hydrogen) atoms. The Morgan fingerprint density at radius 1 is 1.46 bits per heavy atom. The van der Waals surface area contributed by atoms with Crippen LogP contribution in [0, 0.1) is 5.92 Å². The van der Waals surface area contributed by atoms with Gasteiger partial charge in [0, 0.05) is 44.3 Å². The van der Waals surface area contributed by atoms with Gasteiger partial charge in [-0.15, -0.1) is 0 Å². The van der Waals surface area contributed by atoms with Crippen molar-refractivity contribution in [2.45, 2.75) is 18.9 Å². The summed E-state index contributed by atoms with van der Waals surface area (Å²) in [7, 11) is 0. The highest BCUT2D eigenvalue weighted by molar-refractivity contribution is 5.95. The van der Waals surface area contributed by atoms with E-state index in [1.807, 2.05) is 21.6 Å². The van der Waals surface area contributed by atoms with Gasteiger partial charge in [-0.1, -0.05) is 0 Å². The zero-order chi connectivity index (χ0) is 16.7. The molecule has 0 saturated carbocycles. The van der Waals surface area contributed by atoms with Crippen molar-refractivity contribution >= 4 is 17.3 Å². The number of carbonyl (C=O) groups is 2. The molecule has 2 saturated heterocycles. The van der Waals surface area contributed by atoms with Gasteiger partial charge in [0.25, 0.3) is 5.91 Å². The van der Waals surface area contributed by atoms with Crippen molar-refractivity contribution in [3.8, 4) is 0 Å². The summed E-state index contributed by atoms with van der Waals surface area (Å²) in [4.78, 5) is 30.5. The lowest BCUT2D eigenvalue weighted by atomic mass is 9.83. The number of aromatic nitrogens is 2. The van der Waals surface area contributed by atoms with Crippen molar-refractivity contribution < 1.29 is 14.3 Å². The van der Waals surface area contributed by atoms with E-state index in [1.54, 1.807) is 18.6 Å². The van der Waals surface area contributed by atoms with Crippen LogP contribution in [-0.2, 0) is 9.53 Å². The van der Waals surface area contributed by atoms with Gasteiger partial charge in [0.05, 0.1) is 30.2 Å². The number of fused-ring (bicyclic) bond motifs is 2. The van der Waals surface area contributed by atoms with Crippen LogP contribution >= 0.6 is 0 Å². The van der Waals surface area contributed by atoms with E-state index in [0.29, 0.717) is 31.9 Å². The standard InChI is InChI=1S/C17H20N4O3/c1-12(22)19-17-3-5-24-9-14(17)8-21(10-17)16(23)13-2-4-20-11-18-7-15(20)6-13/h2,4,6-7,11,14H,3,5,8-10H2,1H3,(H,19,22). The Labute approximate surface area is 139 Å². The van der Waals surface area contributed by atoms with Crippen molar-refractivity contribution in [3.63, 3.8) is 0 Å². The van der Waals surface area contributed by atoms with E-state index in [2.05, 4.69) is 10.3 Å². The number of amides is 2. The van der Waals surface area contributed by atoms with E-state index in [4.69, 9.17) is 4.74 Å². The molecule has 0 aliphatic carbocycles. The Bertz CT molecular complexity index is 802. The summed E-state index contributed by atoms with van der Waals surface area (Å²) in [6, 6.07) is 3.65. The third kappa shape index (κ3) is 2.45. The lowest BCUT2D eigenvalue weighted by molar-refractivity contribution is -0.122. The summed E-state index contributed by atoms with van der Waals surface area (Å²) in [5.74, 6) is 0.0625. The van der Waals surface area contributed by atoms with Gasteiger partial charge >= 0.3 is 0 Å². The first-order valence-electron chi connectivity index (χ1n) is 8.15. The molecule has 0 aromatic carbocycles. The summed E-state index contributed by atoms with van der Waals surface area (Å²) >= 11 is 0. The molecule has 2 unspecified atom stereocenters. The molecule has 2 amide bonds. The van der Waals surface area contributed by atoms with Crippen LogP contribution in [0.5, 0.6) is 0 Å². The molecule has 1 N–H and O–H groups in total. The van der Waals surface area contributed by atoms with Crippen molar-refractivity contribution in [2.24, 2.45) is 5.92 Å². The smallest absolute Gasteiger partial charge is 0.254 e. The number of hydrogen-bond donors (Lipinski definition) is 1. The Morgan fingerprint density at radius 3 is 3.17 bits per heavy atom. The third-order valence-corrected chi connectivity index (χ3v) is 5.08. The number of rotatable bonds is 2. The van der Waals surface area contributed by atoms with Crippen LogP contribution in [0.1, 0.15) is 23.7 Å². The SMILES string of the molecule is CC(=O)NC12CCOCC1CN(C(=O)c1ccn3cncc3c1)C2. The van der Waals surface area contributed by atoms with Gasteiger partial charge in [0.2, 0.25) is 5.91 Å². The van der Waals surface area contributed by atoms with Crippen molar-refractivity contribution in [1.29, 1.82) is 0 Å². The number of ether oxygens (including phenoxy) is 1. The molecule has 0 radical (unpaired) electrons. The van der Waals surface area contributed by atoms with E-state index >= 15 is 0 Å². The average molecular weight is 328 g/mol. The molecular formula is C17H20N4O3. The number of carbonyl (C=O) groups excluding carboxylic acids is 2. The monoisotopic (exact) mass is 328 g/mol. The first-order valence-corrected chi connectivity index (χ1v) is 8.15. The minimum Gasteiger partial charge on any atom is -0.381 e. The number of likely N-dealkylation sites (tertiary alicyclic amines) is 1. The lowest BCUT2D eigenvalue weighted by Crippen LogP contribution is -2.57. The Balaban J connectivity index is 1.60. The van der Waals surface area contributed by atoms with E-state index in [-0.39, 0.29) is 23.3 Å². The fraction of sp³-hybridized carbons (Fsp3) is 0.471. The largest absolute Gasteiger partial charge is 0.381 e. The second-order valence-corrected chi connectivity index (χ2v) is 6.69. The summed E-state index contributed by atoms with van der Waals surface area (Å²) in [5, 5.41) is 3.09. The van der Waals surface area contributed by atoms with Crippen LogP contribution in [0.3, 0.4) is 0 Å². The first-order chi connectivity index (χ1) is 11.6. The minimum absolute atomic E-state index is 0.0159. The molecule has 2 fully saturated rings. The van der Waals surface area contributed by atoms with Gasteiger partial charge in [-0.25, -0.2) is 4.98 Å². The predicted molar refractivity (Wildman–Crippen MR) is 86.6 cm³/mol. The molecular weight excluding hydrogens is 308 g/mol. The minimum atomic E-state index is -0.361. The van der Waals surface area contributed by atoms with Crippen LogP contribution in [0.4, 0.5) is 0 Å². The number of imidazole rings is 1. The summed E-state index contributed by atoms with van der Waals surface area (Å²) in [6.45, 7) is 3.85. The molecule has 0 spiro atoms. The summed E-state index contributed by atoms with van der Waals surface area (Å²) < 4.78 is 7.44. The quantitative estimate of drug-likeness (QED) is 0.880. The highest BCUT2D eigenvalue weighted by atomic mass is 16.5. The molecule has 7 heteroatoms. The van der Waals surface area contributed by atoms with Crippen LogP contribution in [0.25, 0.3) is 5.52 Å². The van der Waals surface area contributed by atoms with Gasteiger partial charge in [0.1, 0.15) is 0 Å². The zero-order valence-electron chi connectivity index (χ0n) is 13.6. The van der Waals surface area contributed by atoms with E-state index in [9.17, 15) is 9.59 Å². The molecule has 126 valence electrons. The molecule has 4 rings (SSSR count). The fourth-order valence-electron chi connectivity index (χ4n) is 3.89. The Kier molecular flexibility index (Phi) is 3.53. The lowest BCUT2D eigenvalue weighted by Gasteiger charge is -2.38. The van der Waals surface area contributed by atoms with Crippen LogP contribution in [0.2, 0.25) is 0 Å². The van der Waals surface area contributed by atoms with Crippen molar-refractivity contribution in [2.75, 3.05) is 26.3 Å². The maximum atomic E-state index is 12.9. The number of nitrogens with zero attached hydrogens (tertiary/aromatic N) is 3. The molecule has 2 aliphatic rings. The van der Waals surface area contributed by atoms with Gasteiger partial charge in [-0.05, 0) is 18.6 Å². The van der Waals surface area contributed by atoms with Crippen LogP contribution in [-0.4, -0.2) is 57.9 Å². The number of pyridine rings is 1. The van der Waals surface area contributed by atoms with Gasteiger partial charge in [-0.2, -0.15) is 0 Å². The molecule has 2 aliphatic heterocycles. The topological polar surface area (TPSA) is 75.9 Å². The summed E-state index contributed by atoms with van der Waals surface area (Å²) in [6.07, 6.45) is 6.01. The Morgan fingerprint density at radius 2 is 2.33 bits per heavy atom. The molecule has 7 nitrogen and oxygen atoms in total. The summed E-state index contributed by atoms with van der Waals surface area (Å²) in [5.41, 5.74) is 1.17. The molecule has 2 aromatic heterocycles. The van der Waals surface area contributed by atoms with E-state index in [0.717, 1.165) is 11.9 Å². The zero-order valence-corrected chi connectivity index (χ0v) is 13.6. The second-order valence-electron chi connectivity index (χ2n) is 6.69. The average Bonchev–Trinajstić information content (AvgIpc) is 3.16. The maximum Gasteiger partial charge on any atom is 0.254 e. The van der Waals surface area contributed by atoms with Crippen molar-refractivity contribution in [3.05, 3.63) is 36.4 Å². The van der Waals surface area contributed by atoms with Gasteiger partial charge in [0.15, 0.2) is 0 Å². The number of hydrogen-bond acceptors (Lipinski definition) is 4. The highest BCUT2D eigenvalue weighted by Crippen LogP contribution is 2.35. The van der Waals surface area contributed by atoms with Crippen molar-refractivity contribution in [1.82, 2.24) is 19.6 Å². The Hall–Kier alpha value is -2.41.